The van der Waals surface area contributed by atoms with Gasteiger partial charge in [-0.1, -0.05) is 0 Å². The van der Waals surface area contributed by atoms with Crippen molar-refractivity contribution in [3.63, 3.8) is 0 Å². The summed E-state index contributed by atoms with van der Waals surface area (Å²) in [6, 6.07) is 1.90. The maximum atomic E-state index is 12.9. The van der Waals surface area contributed by atoms with E-state index in [0.29, 0.717) is 0 Å². The molecule has 6 heteroatoms. The third-order valence-electron chi connectivity index (χ3n) is 4.17. The van der Waals surface area contributed by atoms with Crippen molar-refractivity contribution in [2.75, 3.05) is 26.2 Å². The Labute approximate surface area is 119 Å². The van der Waals surface area contributed by atoms with Gasteiger partial charge < -0.3 is 10.2 Å². The van der Waals surface area contributed by atoms with Gasteiger partial charge in [-0.25, -0.2) is 0 Å². The highest BCUT2D eigenvalue weighted by molar-refractivity contribution is 5.85. The molecule has 1 amide bonds. The molecule has 0 spiro atoms. The fraction of sp³-hybridized carbons (Fsp3) is 0.692. The summed E-state index contributed by atoms with van der Waals surface area (Å²) in [6.07, 6.45) is 7.65. The second-order valence-corrected chi connectivity index (χ2v) is 5.23. The van der Waals surface area contributed by atoms with E-state index in [0.717, 1.165) is 51.9 Å². The topological polar surface area (TPSA) is 50.2 Å². The second-order valence-electron chi connectivity index (χ2n) is 5.23. The van der Waals surface area contributed by atoms with E-state index in [2.05, 4.69) is 10.4 Å². The van der Waals surface area contributed by atoms with Crippen molar-refractivity contribution >= 4 is 18.3 Å². The van der Waals surface area contributed by atoms with Crippen molar-refractivity contribution in [3.05, 3.63) is 18.5 Å². The van der Waals surface area contributed by atoms with Crippen molar-refractivity contribution in [3.8, 4) is 0 Å². The van der Waals surface area contributed by atoms with Crippen LogP contribution in [0.1, 0.15) is 25.7 Å². The van der Waals surface area contributed by atoms with E-state index in [1.165, 1.54) is 0 Å². The molecular formula is C13H21ClN4O. The number of hydrogen-bond donors (Lipinski definition) is 1. The maximum absolute atomic E-state index is 12.9. The van der Waals surface area contributed by atoms with Crippen molar-refractivity contribution in [2.24, 2.45) is 0 Å². The highest BCUT2D eigenvalue weighted by Crippen LogP contribution is 2.30. The molecule has 1 aromatic rings. The summed E-state index contributed by atoms with van der Waals surface area (Å²) in [4.78, 5) is 14.9. The zero-order valence-corrected chi connectivity index (χ0v) is 11.9. The van der Waals surface area contributed by atoms with Crippen LogP contribution in [0.25, 0.3) is 0 Å². The average molecular weight is 285 g/mol. The number of halogens is 1. The number of hydrogen-bond acceptors (Lipinski definition) is 3. The summed E-state index contributed by atoms with van der Waals surface area (Å²) in [5, 5.41) is 7.68. The highest BCUT2D eigenvalue weighted by atomic mass is 35.5. The predicted molar refractivity (Wildman–Crippen MR) is 75.4 cm³/mol. The molecule has 0 bridgehead atoms. The molecule has 2 saturated heterocycles. The summed E-state index contributed by atoms with van der Waals surface area (Å²) >= 11 is 0. The van der Waals surface area contributed by atoms with Gasteiger partial charge >= 0.3 is 0 Å². The monoisotopic (exact) mass is 284 g/mol. The zero-order chi connectivity index (χ0) is 12.4. The van der Waals surface area contributed by atoms with Gasteiger partial charge in [0, 0.05) is 25.5 Å². The molecule has 0 unspecified atom stereocenters. The Morgan fingerprint density at radius 2 is 1.89 bits per heavy atom. The molecule has 1 aromatic heterocycles. The molecule has 2 aliphatic rings. The van der Waals surface area contributed by atoms with E-state index in [1.54, 1.807) is 6.20 Å². The lowest BCUT2D eigenvalue weighted by molar-refractivity contribution is -0.142. The van der Waals surface area contributed by atoms with Gasteiger partial charge in [0.25, 0.3) is 5.91 Å². The maximum Gasteiger partial charge on any atom is 0.250 e. The first kappa shape index (κ1) is 14.3. The van der Waals surface area contributed by atoms with Gasteiger partial charge in [-0.15, -0.1) is 12.4 Å². The van der Waals surface area contributed by atoms with Gasteiger partial charge in [0.05, 0.1) is 0 Å². The molecule has 3 rings (SSSR count). The largest absolute Gasteiger partial charge is 0.341 e. The molecule has 19 heavy (non-hydrogen) atoms. The number of rotatable bonds is 2. The van der Waals surface area contributed by atoms with Crippen LogP contribution in [0.15, 0.2) is 18.5 Å². The van der Waals surface area contributed by atoms with Crippen LogP contribution in [0.3, 0.4) is 0 Å². The van der Waals surface area contributed by atoms with E-state index < -0.39 is 5.54 Å². The fourth-order valence-electron chi connectivity index (χ4n) is 3.12. The molecule has 2 fully saturated rings. The minimum absolute atomic E-state index is 0. The third-order valence-corrected chi connectivity index (χ3v) is 4.17. The van der Waals surface area contributed by atoms with E-state index in [-0.39, 0.29) is 18.3 Å². The Morgan fingerprint density at radius 1 is 1.21 bits per heavy atom. The molecule has 0 radical (unpaired) electrons. The number of carbonyl (C=O) groups is 1. The van der Waals surface area contributed by atoms with Crippen LogP contribution in [-0.2, 0) is 10.3 Å². The first-order valence-electron chi connectivity index (χ1n) is 6.83. The van der Waals surface area contributed by atoms with Crippen LogP contribution in [-0.4, -0.2) is 46.8 Å². The normalized spacial score (nSPS) is 22.0. The third kappa shape index (κ3) is 2.49. The average Bonchev–Trinajstić information content (AvgIpc) is 3.11. The minimum atomic E-state index is -0.445. The van der Waals surface area contributed by atoms with Gasteiger partial charge in [0.2, 0.25) is 0 Å². The first-order chi connectivity index (χ1) is 8.83. The molecule has 5 nitrogen and oxygen atoms in total. The Morgan fingerprint density at radius 3 is 2.47 bits per heavy atom. The van der Waals surface area contributed by atoms with Gasteiger partial charge in [-0.3, -0.25) is 9.48 Å². The van der Waals surface area contributed by atoms with Crippen molar-refractivity contribution in [1.29, 1.82) is 0 Å². The van der Waals surface area contributed by atoms with Crippen molar-refractivity contribution in [2.45, 2.75) is 31.2 Å². The number of nitrogens with zero attached hydrogens (tertiary/aromatic N) is 3. The van der Waals surface area contributed by atoms with E-state index >= 15 is 0 Å². The molecule has 0 aliphatic carbocycles. The summed E-state index contributed by atoms with van der Waals surface area (Å²) in [6.45, 7) is 3.60. The second kappa shape index (κ2) is 5.92. The number of piperidine rings is 1. The van der Waals surface area contributed by atoms with E-state index in [1.807, 2.05) is 21.8 Å². The van der Waals surface area contributed by atoms with E-state index in [4.69, 9.17) is 0 Å². The van der Waals surface area contributed by atoms with Crippen LogP contribution >= 0.6 is 12.4 Å². The Kier molecular flexibility index (Phi) is 4.47. The van der Waals surface area contributed by atoms with Crippen LogP contribution in [0.5, 0.6) is 0 Å². The van der Waals surface area contributed by atoms with Crippen LogP contribution in [0.2, 0.25) is 0 Å². The quantitative estimate of drug-likeness (QED) is 0.882. The van der Waals surface area contributed by atoms with Crippen LogP contribution in [0.4, 0.5) is 0 Å². The lowest BCUT2D eigenvalue weighted by Gasteiger charge is -2.39. The number of aromatic nitrogens is 2. The van der Waals surface area contributed by atoms with Crippen LogP contribution < -0.4 is 5.32 Å². The molecule has 106 valence electrons. The minimum Gasteiger partial charge on any atom is -0.341 e. The lowest BCUT2D eigenvalue weighted by Crippen LogP contribution is -2.55. The summed E-state index contributed by atoms with van der Waals surface area (Å²) in [5.41, 5.74) is -0.445. The lowest BCUT2D eigenvalue weighted by atomic mass is 9.87. The number of likely N-dealkylation sites (tertiary alicyclic amines) is 1. The van der Waals surface area contributed by atoms with Gasteiger partial charge in [0.15, 0.2) is 0 Å². The molecule has 0 atom stereocenters. The molecule has 3 heterocycles. The molecular weight excluding hydrogens is 264 g/mol. The molecule has 2 aliphatic heterocycles. The number of carbonyl (C=O) groups excluding carboxylic acids is 1. The van der Waals surface area contributed by atoms with Gasteiger partial charge in [0.1, 0.15) is 5.54 Å². The summed E-state index contributed by atoms with van der Waals surface area (Å²) in [5.74, 6) is 0.269. The van der Waals surface area contributed by atoms with Crippen molar-refractivity contribution in [1.82, 2.24) is 20.0 Å². The standard InChI is InChI=1S/C13H20N4O.ClH/c18-12(16-9-1-2-10-16)13(4-7-14-8-5-13)17-11-3-6-15-17;/h3,6,11,14H,1-2,4-5,7-10H2;1H. The van der Waals surface area contributed by atoms with Gasteiger partial charge in [-0.05, 0) is 44.8 Å². The summed E-state index contributed by atoms with van der Waals surface area (Å²) in [7, 11) is 0. The first-order valence-corrected chi connectivity index (χ1v) is 6.83. The zero-order valence-electron chi connectivity index (χ0n) is 11.0. The number of amides is 1. The molecule has 1 N–H and O–H groups in total. The smallest absolute Gasteiger partial charge is 0.250 e. The predicted octanol–water partition coefficient (Wildman–Crippen LogP) is 1.01. The SMILES string of the molecule is Cl.O=C(N1CCCC1)C1(n2cccn2)CCNCC1. The fourth-order valence-corrected chi connectivity index (χ4v) is 3.12. The Bertz CT molecular complexity index is 408. The Balaban J connectivity index is 0.00000133. The molecule has 0 aromatic carbocycles. The van der Waals surface area contributed by atoms with Crippen molar-refractivity contribution < 1.29 is 4.79 Å². The number of nitrogens with one attached hydrogen (secondary N) is 1. The summed E-state index contributed by atoms with van der Waals surface area (Å²) < 4.78 is 1.88. The van der Waals surface area contributed by atoms with Crippen LogP contribution in [0, 0.1) is 0 Å². The van der Waals surface area contributed by atoms with E-state index in [9.17, 15) is 4.79 Å². The van der Waals surface area contributed by atoms with Gasteiger partial charge in [-0.2, -0.15) is 5.10 Å². The Hall–Kier alpha value is -1.07. The highest BCUT2D eigenvalue weighted by Gasteiger charge is 2.44. The molecule has 0 saturated carbocycles.